The normalized spacial score (nSPS) is 12.1. The number of nitrogens with one attached hydrogen (secondary N) is 2. The number of nitrogens with zero attached hydrogens (tertiary/aromatic N) is 6. The fourth-order valence-corrected chi connectivity index (χ4v) is 3.38. The number of pyridine rings is 1. The summed E-state index contributed by atoms with van der Waals surface area (Å²) >= 11 is 12.3. The van der Waals surface area contributed by atoms with Gasteiger partial charge in [0.25, 0.3) is 0 Å². The van der Waals surface area contributed by atoms with Crippen molar-refractivity contribution < 1.29 is 9.53 Å². The van der Waals surface area contributed by atoms with Crippen LogP contribution in [0.3, 0.4) is 0 Å². The molecular formula is C18H16Cl2N8O2. The van der Waals surface area contributed by atoms with Gasteiger partial charge in [-0.15, -0.1) is 4.80 Å². The Morgan fingerprint density at radius 2 is 1.90 bits per heavy atom. The Hall–Kier alpha value is -3.21. The maximum atomic E-state index is 12.6. The Balaban J connectivity index is 1.57. The number of anilines is 2. The third kappa shape index (κ3) is 3.92. The van der Waals surface area contributed by atoms with Crippen molar-refractivity contribution in [1.82, 2.24) is 29.6 Å². The van der Waals surface area contributed by atoms with Crippen LogP contribution < -0.4 is 10.6 Å². The van der Waals surface area contributed by atoms with Gasteiger partial charge in [-0.2, -0.15) is 15.3 Å². The summed E-state index contributed by atoms with van der Waals surface area (Å²) in [7, 11) is 1.58. The highest BCUT2D eigenvalue weighted by Gasteiger charge is 2.18. The van der Waals surface area contributed by atoms with Crippen LogP contribution >= 0.6 is 23.2 Å². The first-order valence-electron chi connectivity index (χ1n) is 8.76. The van der Waals surface area contributed by atoms with Gasteiger partial charge in [0.15, 0.2) is 5.82 Å². The van der Waals surface area contributed by atoms with Crippen molar-refractivity contribution in [1.29, 1.82) is 0 Å². The first-order chi connectivity index (χ1) is 14.5. The molecule has 0 aliphatic rings. The van der Waals surface area contributed by atoms with Gasteiger partial charge in [-0.25, -0.2) is 14.3 Å². The molecule has 0 spiro atoms. The zero-order valence-corrected chi connectivity index (χ0v) is 17.4. The predicted octanol–water partition coefficient (Wildman–Crippen LogP) is 3.97. The minimum Gasteiger partial charge on any atom is -0.377 e. The van der Waals surface area contributed by atoms with Crippen molar-refractivity contribution >= 4 is 46.1 Å². The van der Waals surface area contributed by atoms with Crippen molar-refractivity contribution in [3.63, 3.8) is 0 Å². The Bertz CT molecular complexity index is 1210. The molecule has 4 heterocycles. The van der Waals surface area contributed by atoms with E-state index >= 15 is 0 Å². The number of urea groups is 1. The van der Waals surface area contributed by atoms with E-state index in [4.69, 9.17) is 27.9 Å². The number of halogens is 2. The Labute approximate surface area is 180 Å². The topological polar surface area (TPSA) is 111 Å². The number of carbonyl (C=O) groups excluding carboxylic acids is 1. The molecule has 0 unspecified atom stereocenters. The van der Waals surface area contributed by atoms with Gasteiger partial charge >= 0.3 is 6.03 Å². The molecule has 4 aromatic rings. The predicted molar refractivity (Wildman–Crippen MR) is 112 cm³/mol. The molecule has 2 N–H and O–H groups in total. The molecule has 1 atom stereocenters. The van der Waals surface area contributed by atoms with E-state index in [1.807, 2.05) is 6.92 Å². The standard InChI is InChI=1S/C18H16Cl2N8O2/c1-10(30-2)16-14(8-24-27-9-11(19)5-15(16)27)26-18(29)25-12-6-13(20)17(21-7-12)28-22-3-4-23-28/h3-10H,1-2H3,(H2,25,26,29)/t10-/m1/s1. The van der Waals surface area contributed by atoms with Gasteiger partial charge in [-0.3, -0.25) is 0 Å². The molecule has 2 amide bonds. The maximum absolute atomic E-state index is 12.6. The lowest BCUT2D eigenvalue weighted by Gasteiger charge is -2.17. The summed E-state index contributed by atoms with van der Waals surface area (Å²) in [6.45, 7) is 1.87. The van der Waals surface area contributed by atoms with Crippen LogP contribution in [0.5, 0.6) is 0 Å². The second kappa shape index (κ2) is 8.27. The number of carbonyl (C=O) groups is 1. The van der Waals surface area contributed by atoms with Crippen molar-refractivity contribution in [3.05, 3.63) is 58.7 Å². The van der Waals surface area contributed by atoms with E-state index in [1.165, 1.54) is 29.6 Å². The van der Waals surface area contributed by atoms with E-state index < -0.39 is 6.03 Å². The first kappa shape index (κ1) is 20.1. The zero-order chi connectivity index (χ0) is 21.3. The summed E-state index contributed by atoms with van der Waals surface area (Å²) in [4.78, 5) is 18.1. The molecule has 4 rings (SSSR count). The van der Waals surface area contributed by atoms with Crippen molar-refractivity contribution in [2.75, 3.05) is 17.7 Å². The highest BCUT2D eigenvalue weighted by molar-refractivity contribution is 6.32. The van der Waals surface area contributed by atoms with Crippen LogP contribution in [0.1, 0.15) is 18.6 Å². The highest BCUT2D eigenvalue weighted by atomic mass is 35.5. The second-order valence-corrected chi connectivity index (χ2v) is 7.11. The largest absolute Gasteiger partial charge is 0.377 e. The highest BCUT2D eigenvalue weighted by Crippen LogP contribution is 2.31. The molecule has 0 aliphatic carbocycles. The molecule has 154 valence electrons. The number of hydrogen-bond acceptors (Lipinski definition) is 6. The third-order valence-corrected chi connectivity index (χ3v) is 4.83. The van der Waals surface area contributed by atoms with Crippen molar-refractivity contribution in [2.24, 2.45) is 0 Å². The fourth-order valence-electron chi connectivity index (χ4n) is 2.95. The minimum absolute atomic E-state index is 0.281. The van der Waals surface area contributed by atoms with E-state index in [-0.39, 0.29) is 11.1 Å². The SMILES string of the molecule is CO[C@H](C)c1c(NC(=O)Nc2cnc(-n3nccn3)c(Cl)c2)cnn2cc(Cl)cc12. The monoisotopic (exact) mass is 446 g/mol. The first-order valence-corrected chi connectivity index (χ1v) is 9.51. The lowest BCUT2D eigenvalue weighted by molar-refractivity contribution is 0.121. The molecule has 30 heavy (non-hydrogen) atoms. The smallest absolute Gasteiger partial charge is 0.323 e. The summed E-state index contributed by atoms with van der Waals surface area (Å²) in [5, 5.41) is 18.5. The summed E-state index contributed by atoms with van der Waals surface area (Å²) in [6, 6.07) is 2.82. The van der Waals surface area contributed by atoms with Gasteiger partial charge < -0.3 is 15.4 Å². The van der Waals surface area contributed by atoms with Gasteiger partial charge in [-0.05, 0) is 19.1 Å². The fraction of sp³-hybridized carbons (Fsp3) is 0.167. The minimum atomic E-state index is -0.494. The van der Waals surface area contributed by atoms with Crippen LogP contribution in [-0.2, 0) is 4.74 Å². The van der Waals surface area contributed by atoms with E-state index in [9.17, 15) is 4.79 Å². The van der Waals surface area contributed by atoms with E-state index in [2.05, 4.69) is 30.9 Å². The van der Waals surface area contributed by atoms with Gasteiger partial charge in [0.2, 0.25) is 0 Å². The van der Waals surface area contributed by atoms with Gasteiger partial charge in [0.1, 0.15) is 0 Å². The quantitative estimate of drug-likeness (QED) is 0.479. The Morgan fingerprint density at radius 3 is 2.60 bits per heavy atom. The lowest BCUT2D eigenvalue weighted by Crippen LogP contribution is -2.21. The zero-order valence-electron chi connectivity index (χ0n) is 15.9. The maximum Gasteiger partial charge on any atom is 0.323 e. The molecular weight excluding hydrogens is 431 g/mol. The molecule has 0 saturated carbocycles. The van der Waals surface area contributed by atoms with Gasteiger partial charge in [0.05, 0.1) is 57.8 Å². The molecule has 0 saturated heterocycles. The molecule has 0 radical (unpaired) electrons. The molecule has 0 bridgehead atoms. The number of methoxy groups -OCH3 is 1. The molecule has 12 heteroatoms. The van der Waals surface area contributed by atoms with Crippen LogP contribution in [0.25, 0.3) is 11.3 Å². The second-order valence-electron chi connectivity index (χ2n) is 6.27. The average molecular weight is 447 g/mol. The van der Waals surface area contributed by atoms with Gasteiger partial charge in [-0.1, -0.05) is 23.2 Å². The molecule has 10 nitrogen and oxygen atoms in total. The lowest BCUT2D eigenvalue weighted by atomic mass is 10.1. The van der Waals surface area contributed by atoms with E-state index in [0.29, 0.717) is 22.2 Å². The van der Waals surface area contributed by atoms with Gasteiger partial charge in [0, 0.05) is 18.9 Å². The molecule has 0 aromatic carbocycles. The van der Waals surface area contributed by atoms with Crippen molar-refractivity contribution in [3.8, 4) is 5.82 Å². The number of ether oxygens (including phenoxy) is 1. The third-order valence-electron chi connectivity index (χ3n) is 4.34. The summed E-state index contributed by atoms with van der Waals surface area (Å²) < 4.78 is 7.09. The average Bonchev–Trinajstić information content (AvgIpc) is 3.36. The number of aromatic nitrogens is 6. The van der Waals surface area contributed by atoms with Crippen LogP contribution in [0.2, 0.25) is 10.0 Å². The number of amides is 2. The van der Waals surface area contributed by atoms with Crippen LogP contribution in [0, 0.1) is 0 Å². The van der Waals surface area contributed by atoms with E-state index in [0.717, 1.165) is 11.1 Å². The summed E-state index contributed by atoms with van der Waals surface area (Å²) in [6.07, 6.45) is 7.38. The van der Waals surface area contributed by atoms with Crippen LogP contribution in [0.4, 0.5) is 16.2 Å². The number of rotatable bonds is 5. The number of hydrogen-bond donors (Lipinski definition) is 2. The molecule has 0 aliphatic heterocycles. The van der Waals surface area contributed by atoms with Crippen LogP contribution in [-0.4, -0.2) is 42.7 Å². The Kier molecular flexibility index (Phi) is 5.53. The molecule has 0 fully saturated rings. The van der Waals surface area contributed by atoms with Crippen LogP contribution in [0.15, 0.2) is 43.1 Å². The Morgan fingerprint density at radius 1 is 1.13 bits per heavy atom. The summed E-state index contributed by atoms with van der Waals surface area (Å²) in [5.74, 6) is 0.351. The molecule has 4 aromatic heterocycles. The van der Waals surface area contributed by atoms with Crippen molar-refractivity contribution in [2.45, 2.75) is 13.0 Å². The van der Waals surface area contributed by atoms with E-state index in [1.54, 1.807) is 30.0 Å². The number of fused-ring (bicyclic) bond motifs is 1. The summed E-state index contributed by atoms with van der Waals surface area (Å²) in [5.41, 5.74) is 2.36.